The van der Waals surface area contributed by atoms with Crippen molar-refractivity contribution in [1.29, 1.82) is 0 Å². The maximum absolute atomic E-state index is 8.99. The minimum Gasteiger partial charge on any atom is -0.396 e. The first-order valence-electron chi connectivity index (χ1n) is 7.08. The van der Waals surface area contributed by atoms with Crippen LogP contribution in [0, 0.1) is 5.92 Å². The minimum absolute atomic E-state index is 0.318. The summed E-state index contributed by atoms with van der Waals surface area (Å²) in [6.45, 7) is 2.42. The summed E-state index contributed by atoms with van der Waals surface area (Å²) in [5, 5.41) is 10.2. The Bertz CT molecular complexity index is 547. The number of anilines is 1. The highest BCUT2D eigenvalue weighted by molar-refractivity contribution is 5.80. The maximum Gasteiger partial charge on any atom is 0.129 e. The molecule has 3 nitrogen and oxygen atoms in total. The van der Waals surface area contributed by atoms with E-state index in [1.165, 1.54) is 5.39 Å². The Balaban J connectivity index is 1.74. The first-order valence-corrected chi connectivity index (χ1v) is 7.08. The Morgan fingerprint density at radius 2 is 1.89 bits per heavy atom. The Morgan fingerprint density at radius 3 is 2.68 bits per heavy atom. The molecule has 0 saturated carbocycles. The van der Waals surface area contributed by atoms with Crippen molar-refractivity contribution in [3.8, 4) is 0 Å². The average Bonchev–Trinajstić information content (AvgIpc) is 2.48. The second-order valence-electron chi connectivity index (χ2n) is 5.30. The van der Waals surface area contributed by atoms with E-state index in [-0.39, 0.29) is 0 Å². The predicted molar refractivity (Wildman–Crippen MR) is 78.4 cm³/mol. The van der Waals surface area contributed by atoms with Gasteiger partial charge in [0.1, 0.15) is 5.82 Å². The number of aromatic nitrogens is 1. The van der Waals surface area contributed by atoms with E-state index in [1.807, 2.05) is 12.1 Å². The second-order valence-corrected chi connectivity index (χ2v) is 5.30. The van der Waals surface area contributed by atoms with Gasteiger partial charge in [0.25, 0.3) is 0 Å². The molecule has 1 N–H and O–H groups in total. The number of para-hydroxylation sites is 1. The lowest BCUT2D eigenvalue weighted by atomic mass is 9.94. The highest BCUT2D eigenvalue weighted by Crippen LogP contribution is 2.25. The van der Waals surface area contributed by atoms with Gasteiger partial charge in [-0.3, -0.25) is 0 Å². The summed E-state index contributed by atoms with van der Waals surface area (Å²) in [6.07, 6.45) is 3.27. The third kappa shape index (κ3) is 2.71. The predicted octanol–water partition coefficient (Wildman–Crippen LogP) is 2.83. The van der Waals surface area contributed by atoms with Crippen molar-refractivity contribution in [3.05, 3.63) is 36.4 Å². The Labute approximate surface area is 113 Å². The van der Waals surface area contributed by atoms with Crippen molar-refractivity contribution < 1.29 is 5.11 Å². The molecule has 0 bridgehead atoms. The van der Waals surface area contributed by atoms with Gasteiger partial charge in [-0.25, -0.2) is 4.98 Å². The molecule has 0 atom stereocenters. The normalized spacial score (nSPS) is 17.0. The zero-order valence-electron chi connectivity index (χ0n) is 11.1. The monoisotopic (exact) mass is 256 g/mol. The first kappa shape index (κ1) is 12.4. The third-order valence-electron chi connectivity index (χ3n) is 4.06. The number of fused-ring (bicyclic) bond motifs is 1. The van der Waals surface area contributed by atoms with E-state index < -0.39 is 0 Å². The fourth-order valence-electron chi connectivity index (χ4n) is 2.86. The lowest BCUT2D eigenvalue weighted by Crippen LogP contribution is -2.34. The Kier molecular flexibility index (Phi) is 3.65. The Morgan fingerprint density at radius 1 is 1.11 bits per heavy atom. The number of hydrogen-bond donors (Lipinski definition) is 1. The van der Waals surface area contributed by atoms with Crippen molar-refractivity contribution in [1.82, 2.24) is 4.98 Å². The van der Waals surface area contributed by atoms with Gasteiger partial charge in [-0.1, -0.05) is 18.2 Å². The first-order chi connectivity index (χ1) is 9.36. The van der Waals surface area contributed by atoms with Gasteiger partial charge in [0.15, 0.2) is 0 Å². The molecule has 1 aromatic carbocycles. The summed E-state index contributed by atoms with van der Waals surface area (Å²) in [4.78, 5) is 7.11. The number of pyridine rings is 1. The van der Waals surface area contributed by atoms with Crippen molar-refractivity contribution in [2.45, 2.75) is 19.3 Å². The number of nitrogens with zero attached hydrogens (tertiary/aromatic N) is 2. The summed E-state index contributed by atoms with van der Waals surface area (Å²) < 4.78 is 0. The number of rotatable bonds is 3. The molecular formula is C16H20N2O. The summed E-state index contributed by atoms with van der Waals surface area (Å²) in [5.41, 5.74) is 1.07. The largest absolute Gasteiger partial charge is 0.396 e. The molecule has 1 fully saturated rings. The summed E-state index contributed by atoms with van der Waals surface area (Å²) in [7, 11) is 0. The molecular weight excluding hydrogens is 236 g/mol. The number of aliphatic hydroxyl groups is 1. The number of aliphatic hydroxyl groups excluding tert-OH is 1. The van der Waals surface area contributed by atoms with E-state index >= 15 is 0 Å². The van der Waals surface area contributed by atoms with E-state index in [9.17, 15) is 0 Å². The van der Waals surface area contributed by atoms with Crippen LogP contribution < -0.4 is 4.90 Å². The molecule has 1 saturated heterocycles. The van der Waals surface area contributed by atoms with Crippen molar-refractivity contribution in [2.24, 2.45) is 5.92 Å². The molecule has 3 rings (SSSR count). The van der Waals surface area contributed by atoms with Crippen LogP contribution in [0.15, 0.2) is 36.4 Å². The molecule has 2 heterocycles. The van der Waals surface area contributed by atoms with E-state index in [1.54, 1.807) is 0 Å². The van der Waals surface area contributed by atoms with Gasteiger partial charge in [-0.2, -0.15) is 0 Å². The molecule has 3 heteroatoms. The fraction of sp³-hybridized carbons (Fsp3) is 0.438. The van der Waals surface area contributed by atoms with Gasteiger partial charge in [0.05, 0.1) is 5.52 Å². The summed E-state index contributed by atoms with van der Waals surface area (Å²) in [6, 6.07) is 12.5. The van der Waals surface area contributed by atoms with E-state index in [4.69, 9.17) is 10.1 Å². The van der Waals surface area contributed by atoms with Gasteiger partial charge in [0.2, 0.25) is 0 Å². The smallest absolute Gasteiger partial charge is 0.129 e. The van der Waals surface area contributed by atoms with Crippen LogP contribution in [-0.4, -0.2) is 29.8 Å². The summed E-state index contributed by atoms with van der Waals surface area (Å²) >= 11 is 0. The van der Waals surface area contributed by atoms with Crippen LogP contribution >= 0.6 is 0 Å². The highest BCUT2D eigenvalue weighted by Gasteiger charge is 2.19. The van der Waals surface area contributed by atoms with Crippen molar-refractivity contribution in [3.63, 3.8) is 0 Å². The standard InChI is InChI=1S/C16H20N2O/c19-12-9-13-7-10-18(11-8-13)16-6-5-14-3-1-2-4-15(14)17-16/h1-6,13,19H,7-12H2. The van der Waals surface area contributed by atoms with Gasteiger partial charge in [-0.15, -0.1) is 0 Å². The van der Waals surface area contributed by atoms with Crippen LogP contribution in [0.25, 0.3) is 10.9 Å². The number of hydrogen-bond acceptors (Lipinski definition) is 3. The molecule has 100 valence electrons. The third-order valence-corrected chi connectivity index (χ3v) is 4.06. The highest BCUT2D eigenvalue weighted by atomic mass is 16.3. The lowest BCUT2D eigenvalue weighted by molar-refractivity contribution is 0.240. The van der Waals surface area contributed by atoms with Crippen LogP contribution in [0.4, 0.5) is 5.82 Å². The molecule has 19 heavy (non-hydrogen) atoms. The lowest BCUT2D eigenvalue weighted by Gasteiger charge is -2.32. The van der Waals surface area contributed by atoms with Crippen LogP contribution in [0.2, 0.25) is 0 Å². The quantitative estimate of drug-likeness (QED) is 0.917. The van der Waals surface area contributed by atoms with Gasteiger partial charge in [0, 0.05) is 25.1 Å². The fourth-order valence-corrected chi connectivity index (χ4v) is 2.86. The van der Waals surface area contributed by atoms with E-state index in [0.29, 0.717) is 12.5 Å². The molecule has 1 aliphatic rings. The van der Waals surface area contributed by atoms with Gasteiger partial charge >= 0.3 is 0 Å². The molecule has 0 aliphatic carbocycles. The molecule has 2 aromatic rings. The van der Waals surface area contributed by atoms with Crippen molar-refractivity contribution in [2.75, 3.05) is 24.6 Å². The minimum atomic E-state index is 0.318. The van der Waals surface area contributed by atoms with Crippen LogP contribution in [-0.2, 0) is 0 Å². The van der Waals surface area contributed by atoms with Gasteiger partial charge < -0.3 is 10.0 Å². The summed E-state index contributed by atoms with van der Waals surface area (Å²) in [5.74, 6) is 1.77. The number of benzene rings is 1. The van der Waals surface area contributed by atoms with Crippen molar-refractivity contribution >= 4 is 16.7 Å². The zero-order chi connectivity index (χ0) is 13.1. The zero-order valence-corrected chi connectivity index (χ0v) is 11.1. The average molecular weight is 256 g/mol. The van der Waals surface area contributed by atoms with E-state index in [2.05, 4.69) is 29.2 Å². The molecule has 1 aromatic heterocycles. The molecule has 0 amide bonds. The number of piperidine rings is 1. The van der Waals surface area contributed by atoms with Crippen LogP contribution in [0.5, 0.6) is 0 Å². The van der Waals surface area contributed by atoms with E-state index in [0.717, 1.165) is 43.7 Å². The SMILES string of the molecule is OCCC1CCN(c2ccc3ccccc3n2)CC1. The second kappa shape index (κ2) is 5.57. The molecule has 1 aliphatic heterocycles. The van der Waals surface area contributed by atoms with Crippen LogP contribution in [0.1, 0.15) is 19.3 Å². The molecule has 0 radical (unpaired) electrons. The van der Waals surface area contributed by atoms with Gasteiger partial charge in [-0.05, 0) is 43.4 Å². The molecule has 0 unspecified atom stereocenters. The maximum atomic E-state index is 8.99. The topological polar surface area (TPSA) is 36.4 Å². The Hall–Kier alpha value is -1.61. The molecule has 0 spiro atoms. The van der Waals surface area contributed by atoms with Crippen LogP contribution in [0.3, 0.4) is 0 Å².